The third-order valence-corrected chi connectivity index (χ3v) is 7.48. The summed E-state index contributed by atoms with van der Waals surface area (Å²) >= 11 is 0. The lowest BCUT2D eigenvalue weighted by Gasteiger charge is -2.35. The Morgan fingerprint density at radius 2 is 1.96 bits per heavy atom. The molecular formula is C19H36N4O4S. The minimum atomic E-state index is -2.99. The van der Waals surface area contributed by atoms with E-state index in [4.69, 9.17) is 4.99 Å². The highest BCUT2D eigenvalue weighted by molar-refractivity contribution is 7.91. The van der Waals surface area contributed by atoms with E-state index >= 15 is 0 Å². The normalized spacial score (nSPS) is 23.9. The molecule has 1 aliphatic heterocycles. The van der Waals surface area contributed by atoms with E-state index < -0.39 is 9.84 Å². The number of rotatable bonds is 9. The summed E-state index contributed by atoms with van der Waals surface area (Å²) < 4.78 is 22.9. The van der Waals surface area contributed by atoms with Crippen molar-refractivity contribution < 1.29 is 18.3 Å². The van der Waals surface area contributed by atoms with Gasteiger partial charge in [0.2, 0.25) is 5.91 Å². The van der Waals surface area contributed by atoms with Gasteiger partial charge in [0.05, 0.1) is 11.5 Å². The molecule has 0 aromatic rings. The van der Waals surface area contributed by atoms with E-state index in [1.54, 1.807) is 0 Å². The van der Waals surface area contributed by atoms with Crippen LogP contribution in [0.5, 0.6) is 0 Å². The monoisotopic (exact) mass is 416 g/mol. The van der Waals surface area contributed by atoms with Gasteiger partial charge in [-0.15, -0.1) is 0 Å². The molecule has 0 bridgehead atoms. The van der Waals surface area contributed by atoms with Crippen molar-refractivity contribution >= 4 is 21.7 Å². The number of aliphatic hydroxyl groups is 1. The number of nitrogens with zero attached hydrogens (tertiary/aromatic N) is 1. The van der Waals surface area contributed by atoms with E-state index in [-0.39, 0.29) is 41.9 Å². The molecule has 2 rings (SSSR count). The molecule has 4 N–H and O–H groups in total. The lowest BCUT2D eigenvalue weighted by atomic mass is 9.72. The lowest BCUT2D eigenvalue weighted by molar-refractivity contribution is -0.121. The molecule has 8 nitrogen and oxygen atoms in total. The van der Waals surface area contributed by atoms with Gasteiger partial charge in [-0.05, 0) is 38.0 Å². The van der Waals surface area contributed by atoms with Gasteiger partial charge < -0.3 is 21.1 Å². The average molecular weight is 417 g/mol. The highest BCUT2D eigenvalue weighted by atomic mass is 32.2. The first-order chi connectivity index (χ1) is 13.4. The molecule has 0 radical (unpaired) electrons. The van der Waals surface area contributed by atoms with Gasteiger partial charge in [0.25, 0.3) is 0 Å². The summed E-state index contributed by atoms with van der Waals surface area (Å²) in [6, 6.07) is -0.260. The Balaban J connectivity index is 1.79. The van der Waals surface area contributed by atoms with Crippen LogP contribution >= 0.6 is 0 Å². The fourth-order valence-corrected chi connectivity index (χ4v) is 5.79. The Kier molecular flexibility index (Phi) is 9.01. The molecule has 1 amide bonds. The summed E-state index contributed by atoms with van der Waals surface area (Å²) in [4.78, 5) is 16.8. The Hall–Kier alpha value is -1.35. The minimum Gasteiger partial charge on any atom is -0.396 e. The zero-order valence-corrected chi connectivity index (χ0v) is 17.8. The molecule has 1 saturated carbocycles. The predicted octanol–water partition coefficient (Wildman–Crippen LogP) is 0.568. The molecule has 0 aromatic carbocycles. The standard InChI is InChI=1S/C19H36N4O4S/c1-2-20-18(22-15-19(10-12-24)8-4-3-5-9-19)21-11-6-17(25)23-16-7-13-28(26,27)14-16/h16,24H,2-15H2,1H3,(H,23,25)(H2,20,21,22). The first-order valence-corrected chi connectivity index (χ1v) is 12.3. The quantitative estimate of drug-likeness (QED) is 0.322. The van der Waals surface area contributed by atoms with Crippen molar-refractivity contribution in [2.24, 2.45) is 10.4 Å². The number of sulfone groups is 1. The second-order valence-electron chi connectivity index (χ2n) is 8.07. The molecular weight excluding hydrogens is 380 g/mol. The molecule has 1 saturated heterocycles. The third kappa shape index (κ3) is 7.58. The van der Waals surface area contributed by atoms with Crippen molar-refractivity contribution in [1.29, 1.82) is 0 Å². The van der Waals surface area contributed by atoms with Gasteiger partial charge in [-0.3, -0.25) is 9.79 Å². The van der Waals surface area contributed by atoms with Crippen molar-refractivity contribution in [3.05, 3.63) is 0 Å². The number of aliphatic imine (C=N–C) groups is 1. The summed E-state index contributed by atoms with van der Waals surface area (Å²) in [5.74, 6) is 0.739. The lowest BCUT2D eigenvalue weighted by Crippen LogP contribution is -2.42. The number of aliphatic hydroxyl groups excluding tert-OH is 1. The van der Waals surface area contributed by atoms with Crippen LogP contribution in [0.25, 0.3) is 0 Å². The fourth-order valence-electron chi connectivity index (χ4n) is 4.12. The molecule has 28 heavy (non-hydrogen) atoms. The molecule has 1 heterocycles. The molecule has 2 aliphatic rings. The average Bonchev–Trinajstić information content (AvgIpc) is 2.99. The van der Waals surface area contributed by atoms with Crippen molar-refractivity contribution in [2.75, 3.05) is 37.7 Å². The van der Waals surface area contributed by atoms with Crippen molar-refractivity contribution in [3.63, 3.8) is 0 Å². The smallest absolute Gasteiger partial charge is 0.222 e. The van der Waals surface area contributed by atoms with Crippen LogP contribution in [-0.4, -0.2) is 69.2 Å². The molecule has 2 fully saturated rings. The third-order valence-electron chi connectivity index (χ3n) is 5.72. The molecule has 9 heteroatoms. The van der Waals surface area contributed by atoms with Crippen LogP contribution in [0.15, 0.2) is 4.99 Å². The second-order valence-corrected chi connectivity index (χ2v) is 10.3. The SMILES string of the molecule is CCNC(=NCC1(CCO)CCCCC1)NCCC(=O)NC1CCS(=O)(=O)C1. The number of hydrogen-bond acceptors (Lipinski definition) is 5. The first kappa shape index (κ1) is 22.9. The number of amides is 1. The van der Waals surface area contributed by atoms with Gasteiger partial charge in [-0.2, -0.15) is 0 Å². The summed E-state index contributed by atoms with van der Waals surface area (Å²) in [7, 11) is -2.99. The largest absolute Gasteiger partial charge is 0.396 e. The van der Waals surface area contributed by atoms with E-state index in [0.717, 1.165) is 25.8 Å². The van der Waals surface area contributed by atoms with Crippen LogP contribution in [0, 0.1) is 5.41 Å². The van der Waals surface area contributed by atoms with Gasteiger partial charge in [-0.25, -0.2) is 8.42 Å². The molecule has 0 spiro atoms. The predicted molar refractivity (Wildman–Crippen MR) is 111 cm³/mol. The summed E-state index contributed by atoms with van der Waals surface area (Å²) in [5, 5.41) is 18.6. The topological polar surface area (TPSA) is 120 Å². The summed E-state index contributed by atoms with van der Waals surface area (Å²) in [6.45, 7) is 4.02. The second kappa shape index (κ2) is 11.0. The van der Waals surface area contributed by atoms with Gasteiger partial charge in [0.15, 0.2) is 15.8 Å². The molecule has 1 aliphatic carbocycles. The van der Waals surface area contributed by atoms with Crippen molar-refractivity contribution in [1.82, 2.24) is 16.0 Å². The Morgan fingerprint density at radius 1 is 1.21 bits per heavy atom. The van der Waals surface area contributed by atoms with E-state index in [9.17, 15) is 18.3 Å². The summed E-state index contributed by atoms with van der Waals surface area (Å²) in [6.07, 6.45) is 7.38. The van der Waals surface area contributed by atoms with Crippen LogP contribution in [0.2, 0.25) is 0 Å². The number of carbonyl (C=O) groups excluding carboxylic acids is 1. The Bertz CT molecular complexity index is 624. The van der Waals surface area contributed by atoms with E-state index in [2.05, 4.69) is 16.0 Å². The maximum atomic E-state index is 12.1. The van der Waals surface area contributed by atoms with Crippen LogP contribution < -0.4 is 16.0 Å². The van der Waals surface area contributed by atoms with Crippen LogP contribution in [0.3, 0.4) is 0 Å². The van der Waals surface area contributed by atoms with Gasteiger partial charge in [-0.1, -0.05) is 19.3 Å². The number of guanidine groups is 1. The fraction of sp³-hybridized carbons (Fsp3) is 0.895. The van der Waals surface area contributed by atoms with E-state index in [0.29, 0.717) is 25.5 Å². The molecule has 1 unspecified atom stereocenters. The summed E-state index contributed by atoms with van der Waals surface area (Å²) in [5.41, 5.74) is 0.0840. The number of hydrogen-bond donors (Lipinski definition) is 4. The Labute approximate surface area is 168 Å². The maximum absolute atomic E-state index is 12.1. The van der Waals surface area contributed by atoms with Gasteiger partial charge in [0, 0.05) is 38.7 Å². The van der Waals surface area contributed by atoms with Crippen LogP contribution in [-0.2, 0) is 14.6 Å². The molecule has 0 aromatic heterocycles. The van der Waals surface area contributed by atoms with E-state index in [1.807, 2.05) is 6.92 Å². The first-order valence-electron chi connectivity index (χ1n) is 10.5. The zero-order chi connectivity index (χ0) is 20.5. The van der Waals surface area contributed by atoms with Gasteiger partial charge in [0.1, 0.15) is 0 Å². The van der Waals surface area contributed by atoms with Crippen molar-refractivity contribution in [2.45, 2.75) is 64.3 Å². The Morgan fingerprint density at radius 3 is 2.57 bits per heavy atom. The molecule has 162 valence electrons. The highest BCUT2D eigenvalue weighted by Crippen LogP contribution is 2.39. The molecule has 1 atom stereocenters. The zero-order valence-electron chi connectivity index (χ0n) is 17.0. The number of carbonyl (C=O) groups is 1. The van der Waals surface area contributed by atoms with E-state index in [1.165, 1.54) is 19.3 Å². The number of nitrogens with one attached hydrogen (secondary N) is 3. The van der Waals surface area contributed by atoms with Crippen molar-refractivity contribution in [3.8, 4) is 0 Å². The van der Waals surface area contributed by atoms with Gasteiger partial charge >= 0.3 is 0 Å². The highest BCUT2D eigenvalue weighted by Gasteiger charge is 2.31. The van der Waals surface area contributed by atoms with Crippen LogP contribution in [0.1, 0.15) is 58.3 Å². The maximum Gasteiger partial charge on any atom is 0.222 e. The van der Waals surface area contributed by atoms with Crippen LogP contribution in [0.4, 0.5) is 0 Å². The minimum absolute atomic E-state index is 0.0448.